The van der Waals surface area contributed by atoms with Crippen molar-refractivity contribution in [3.63, 3.8) is 0 Å². The molecule has 0 amide bonds. The molecular formula is C43H28ClN5. The number of nitrogens with zero attached hydrogens (tertiary/aromatic N) is 5. The van der Waals surface area contributed by atoms with Gasteiger partial charge in [-0.2, -0.15) is 0 Å². The van der Waals surface area contributed by atoms with Gasteiger partial charge in [0.25, 0.3) is 0 Å². The molecule has 6 heteroatoms. The van der Waals surface area contributed by atoms with Crippen molar-refractivity contribution in [2.75, 3.05) is 0 Å². The third-order valence-electron chi connectivity index (χ3n) is 8.25. The lowest BCUT2D eigenvalue weighted by Crippen LogP contribution is -2.02. The van der Waals surface area contributed by atoms with Gasteiger partial charge in [-0.1, -0.05) is 157 Å². The molecule has 6 aromatic carbocycles. The van der Waals surface area contributed by atoms with Crippen molar-refractivity contribution in [2.45, 2.75) is 0 Å². The van der Waals surface area contributed by atoms with Crippen LogP contribution < -0.4 is 0 Å². The Balaban J connectivity index is 1.34. The highest BCUT2D eigenvalue weighted by atomic mass is 35.5. The molecule has 0 saturated heterocycles. The predicted octanol–water partition coefficient (Wildman–Crippen LogP) is 11.0. The molecule has 49 heavy (non-hydrogen) atoms. The zero-order chi connectivity index (χ0) is 33.0. The van der Waals surface area contributed by atoms with E-state index in [0.29, 0.717) is 28.3 Å². The highest BCUT2D eigenvalue weighted by molar-refractivity contribution is 6.31. The summed E-state index contributed by atoms with van der Waals surface area (Å²) in [7, 11) is 0. The largest absolute Gasteiger partial charge is 0.228 e. The van der Waals surface area contributed by atoms with Gasteiger partial charge in [0.2, 0.25) is 0 Å². The summed E-state index contributed by atoms with van der Waals surface area (Å²) in [5.41, 5.74) is 8.95. The van der Waals surface area contributed by atoms with Gasteiger partial charge in [-0.3, -0.25) is 0 Å². The highest BCUT2D eigenvalue weighted by Gasteiger charge is 2.20. The molecule has 232 valence electrons. The number of benzene rings is 6. The standard InChI is InChI=1S/C43H28ClN5/c44-33-25-26-36(43-48-40(31-19-9-3-10-20-31)47-41(49-43)32-21-11-4-12-22-32)37(27-33)34-23-13-14-24-35(34)42-45-38(29-15-5-1-6-16-29)28-39(46-42)30-17-7-2-8-18-30/h1-28H. The quantitative estimate of drug-likeness (QED) is 0.172. The van der Waals surface area contributed by atoms with E-state index >= 15 is 0 Å². The lowest BCUT2D eigenvalue weighted by molar-refractivity contribution is 1.07. The van der Waals surface area contributed by atoms with Gasteiger partial charge in [0.15, 0.2) is 23.3 Å². The third kappa shape index (κ3) is 6.35. The van der Waals surface area contributed by atoms with Crippen LogP contribution in [0.3, 0.4) is 0 Å². The van der Waals surface area contributed by atoms with Crippen molar-refractivity contribution < 1.29 is 0 Å². The van der Waals surface area contributed by atoms with Crippen LogP contribution in [0.2, 0.25) is 5.02 Å². The van der Waals surface area contributed by atoms with Crippen molar-refractivity contribution >= 4 is 11.6 Å². The molecule has 8 aromatic rings. The predicted molar refractivity (Wildman–Crippen MR) is 198 cm³/mol. The summed E-state index contributed by atoms with van der Waals surface area (Å²) in [4.78, 5) is 25.2. The van der Waals surface area contributed by atoms with E-state index in [1.54, 1.807) is 0 Å². The number of aromatic nitrogens is 5. The first-order chi connectivity index (χ1) is 24.2. The van der Waals surface area contributed by atoms with Gasteiger partial charge < -0.3 is 0 Å². The zero-order valence-corrected chi connectivity index (χ0v) is 27.0. The molecule has 0 bridgehead atoms. The average molecular weight is 650 g/mol. The van der Waals surface area contributed by atoms with E-state index in [-0.39, 0.29) is 0 Å². The van der Waals surface area contributed by atoms with E-state index in [1.807, 2.05) is 133 Å². The SMILES string of the molecule is Clc1ccc(-c2nc(-c3ccccc3)nc(-c3ccccc3)n2)c(-c2ccccc2-c2nc(-c3ccccc3)cc(-c3ccccc3)n2)c1. The molecule has 0 unspecified atom stereocenters. The molecule has 0 atom stereocenters. The maximum absolute atomic E-state index is 6.73. The molecule has 0 N–H and O–H groups in total. The minimum Gasteiger partial charge on any atom is -0.228 e. The summed E-state index contributed by atoms with van der Waals surface area (Å²) in [6, 6.07) is 56.3. The fourth-order valence-electron chi connectivity index (χ4n) is 5.86. The molecule has 0 saturated carbocycles. The molecule has 0 aliphatic rings. The maximum atomic E-state index is 6.73. The number of hydrogen-bond acceptors (Lipinski definition) is 5. The lowest BCUT2D eigenvalue weighted by Gasteiger charge is -2.16. The first-order valence-electron chi connectivity index (χ1n) is 16.0. The van der Waals surface area contributed by atoms with Gasteiger partial charge in [-0.05, 0) is 35.4 Å². The van der Waals surface area contributed by atoms with Crippen LogP contribution in [0.4, 0.5) is 0 Å². The van der Waals surface area contributed by atoms with E-state index in [0.717, 1.165) is 55.9 Å². The van der Waals surface area contributed by atoms with Crippen LogP contribution in [0.5, 0.6) is 0 Å². The van der Waals surface area contributed by atoms with E-state index in [4.69, 9.17) is 36.5 Å². The molecule has 0 fully saturated rings. The fraction of sp³-hybridized carbons (Fsp3) is 0. The van der Waals surface area contributed by atoms with E-state index in [9.17, 15) is 0 Å². The summed E-state index contributed by atoms with van der Waals surface area (Å²) >= 11 is 6.73. The summed E-state index contributed by atoms with van der Waals surface area (Å²) in [6.45, 7) is 0. The topological polar surface area (TPSA) is 64.5 Å². The monoisotopic (exact) mass is 649 g/mol. The Morgan fingerprint density at radius 3 is 1.18 bits per heavy atom. The second-order valence-corrected chi connectivity index (χ2v) is 11.9. The molecule has 8 rings (SSSR count). The highest BCUT2D eigenvalue weighted by Crippen LogP contribution is 2.39. The van der Waals surface area contributed by atoms with Crippen molar-refractivity contribution in [1.82, 2.24) is 24.9 Å². The van der Waals surface area contributed by atoms with Gasteiger partial charge in [-0.25, -0.2) is 24.9 Å². The third-order valence-corrected chi connectivity index (χ3v) is 8.48. The zero-order valence-electron chi connectivity index (χ0n) is 26.3. The van der Waals surface area contributed by atoms with Crippen LogP contribution in [0, 0.1) is 0 Å². The molecule has 0 aliphatic carbocycles. The summed E-state index contributed by atoms with van der Waals surface area (Å²) in [6.07, 6.45) is 0. The van der Waals surface area contributed by atoms with Crippen LogP contribution in [0.25, 0.3) is 79.2 Å². The molecule has 2 heterocycles. The Labute approximate surface area is 289 Å². The van der Waals surface area contributed by atoms with Crippen molar-refractivity contribution in [3.05, 3.63) is 175 Å². The first-order valence-corrected chi connectivity index (χ1v) is 16.3. The van der Waals surface area contributed by atoms with Gasteiger partial charge in [-0.15, -0.1) is 0 Å². The van der Waals surface area contributed by atoms with E-state index < -0.39 is 0 Å². The molecule has 0 radical (unpaired) electrons. The Hall–Kier alpha value is -6.30. The van der Waals surface area contributed by atoms with Gasteiger partial charge in [0.1, 0.15) is 0 Å². The maximum Gasteiger partial charge on any atom is 0.164 e. The minimum absolute atomic E-state index is 0.540. The molecular weight excluding hydrogens is 622 g/mol. The Kier molecular flexibility index (Phi) is 8.24. The van der Waals surface area contributed by atoms with Gasteiger partial charge in [0.05, 0.1) is 11.4 Å². The number of rotatable bonds is 7. The average Bonchev–Trinajstić information content (AvgIpc) is 3.19. The van der Waals surface area contributed by atoms with E-state index in [2.05, 4.69) is 36.4 Å². The Morgan fingerprint density at radius 2 is 0.673 bits per heavy atom. The fourth-order valence-corrected chi connectivity index (χ4v) is 6.03. The van der Waals surface area contributed by atoms with Crippen LogP contribution in [0.1, 0.15) is 0 Å². The van der Waals surface area contributed by atoms with Crippen molar-refractivity contribution in [1.29, 1.82) is 0 Å². The number of hydrogen-bond donors (Lipinski definition) is 0. The van der Waals surface area contributed by atoms with Crippen molar-refractivity contribution in [3.8, 4) is 79.2 Å². The summed E-state index contributed by atoms with van der Waals surface area (Å²) in [5.74, 6) is 2.32. The van der Waals surface area contributed by atoms with E-state index in [1.165, 1.54) is 0 Å². The van der Waals surface area contributed by atoms with Crippen LogP contribution in [-0.4, -0.2) is 24.9 Å². The summed E-state index contributed by atoms with van der Waals surface area (Å²) in [5, 5.41) is 0.595. The Bertz CT molecular complexity index is 2270. The second kappa shape index (κ2) is 13.4. The smallest absolute Gasteiger partial charge is 0.164 e. The van der Waals surface area contributed by atoms with Gasteiger partial charge >= 0.3 is 0 Å². The number of halogens is 1. The lowest BCUT2D eigenvalue weighted by atomic mass is 9.94. The second-order valence-electron chi connectivity index (χ2n) is 11.5. The molecule has 0 aliphatic heterocycles. The first kappa shape index (κ1) is 30.1. The van der Waals surface area contributed by atoms with Gasteiger partial charge in [0, 0.05) is 38.4 Å². The van der Waals surface area contributed by atoms with Crippen LogP contribution in [-0.2, 0) is 0 Å². The molecule has 2 aromatic heterocycles. The minimum atomic E-state index is 0.540. The van der Waals surface area contributed by atoms with Crippen LogP contribution >= 0.6 is 11.6 Å². The molecule has 5 nitrogen and oxygen atoms in total. The van der Waals surface area contributed by atoms with Crippen LogP contribution in [0.15, 0.2) is 170 Å². The summed E-state index contributed by atoms with van der Waals surface area (Å²) < 4.78 is 0. The normalized spacial score (nSPS) is 11.0. The van der Waals surface area contributed by atoms with Crippen molar-refractivity contribution in [2.24, 2.45) is 0 Å². The Morgan fingerprint density at radius 1 is 0.286 bits per heavy atom. The molecule has 0 spiro atoms.